The second-order valence-electron chi connectivity index (χ2n) is 5.66. The normalized spacial score (nSPS) is 17.0. The summed E-state index contributed by atoms with van der Waals surface area (Å²) in [5.74, 6) is 0. The van der Waals surface area contributed by atoms with Crippen molar-refractivity contribution < 1.29 is 0 Å². The Labute approximate surface area is 126 Å². The first-order chi connectivity index (χ1) is 10.3. The Hall–Kier alpha value is -1.78. The van der Waals surface area contributed by atoms with Crippen molar-refractivity contribution in [3.8, 4) is 0 Å². The van der Waals surface area contributed by atoms with Gasteiger partial charge < -0.3 is 0 Å². The first-order valence-corrected chi connectivity index (χ1v) is 7.55. The van der Waals surface area contributed by atoms with Crippen molar-refractivity contribution in [3.63, 3.8) is 0 Å². The summed E-state index contributed by atoms with van der Waals surface area (Å²) >= 11 is 0. The van der Waals surface area contributed by atoms with Gasteiger partial charge in [-0.15, -0.1) is 0 Å². The van der Waals surface area contributed by atoms with Crippen LogP contribution in [-0.4, -0.2) is 45.9 Å². The maximum absolute atomic E-state index is 4.37. The van der Waals surface area contributed by atoms with Crippen molar-refractivity contribution in [2.45, 2.75) is 20.0 Å². The molecular weight excluding hydrogens is 260 g/mol. The van der Waals surface area contributed by atoms with Gasteiger partial charge in [-0.3, -0.25) is 19.8 Å². The van der Waals surface area contributed by atoms with Gasteiger partial charge in [-0.2, -0.15) is 0 Å². The first kappa shape index (κ1) is 14.2. The summed E-state index contributed by atoms with van der Waals surface area (Å²) in [4.78, 5) is 13.6. The summed E-state index contributed by atoms with van der Waals surface area (Å²) < 4.78 is 0. The van der Waals surface area contributed by atoms with Crippen molar-refractivity contribution in [3.05, 3.63) is 59.7 Å². The van der Waals surface area contributed by atoms with Gasteiger partial charge in [0.25, 0.3) is 0 Å². The molecule has 1 aliphatic rings. The van der Waals surface area contributed by atoms with Gasteiger partial charge >= 0.3 is 0 Å². The van der Waals surface area contributed by atoms with Crippen molar-refractivity contribution in [1.29, 1.82) is 0 Å². The summed E-state index contributed by atoms with van der Waals surface area (Å²) in [7, 11) is 0. The predicted octanol–water partition coefficient (Wildman–Crippen LogP) is 2.10. The third-order valence-electron chi connectivity index (χ3n) is 4.10. The zero-order valence-corrected chi connectivity index (χ0v) is 12.6. The van der Waals surface area contributed by atoms with Gasteiger partial charge in [-0.1, -0.05) is 12.1 Å². The van der Waals surface area contributed by atoms with Crippen LogP contribution in [0.25, 0.3) is 0 Å². The predicted molar refractivity (Wildman–Crippen MR) is 83.8 cm³/mol. The average molecular weight is 282 g/mol. The summed E-state index contributed by atoms with van der Waals surface area (Å²) in [5, 5.41) is 0. The Morgan fingerprint density at radius 3 is 2.33 bits per heavy atom. The Morgan fingerprint density at radius 1 is 0.952 bits per heavy atom. The van der Waals surface area contributed by atoms with Crippen LogP contribution in [0.5, 0.6) is 0 Å². The van der Waals surface area contributed by atoms with Crippen LogP contribution in [0.4, 0.5) is 0 Å². The van der Waals surface area contributed by atoms with Crippen molar-refractivity contribution in [2.24, 2.45) is 0 Å². The molecule has 4 heteroatoms. The fraction of sp³-hybridized carbons (Fsp3) is 0.412. The zero-order chi connectivity index (χ0) is 14.5. The first-order valence-electron chi connectivity index (χ1n) is 7.55. The minimum atomic E-state index is 1.01. The lowest BCUT2D eigenvalue weighted by Gasteiger charge is -2.34. The molecule has 1 saturated heterocycles. The van der Waals surface area contributed by atoms with Crippen LogP contribution in [-0.2, 0) is 13.1 Å². The van der Waals surface area contributed by atoms with Crippen LogP contribution in [0.3, 0.4) is 0 Å². The van der Waals surface area contributed by atoms with E-state index in [2.05, 4.69) is 38.8 Å². The van der Waals surface area contributed by atoms with Crippen LogP contribution >= 0.6 is 0 Å². The molecular formula is C17H22N4. The van der Waals surface area contributed by atoms with E-state index in [1.54, 1.807) is 0 Å². The quantitative estimate of drug-likeness (QED) is 0.859. The highest BCUT2D eigenvalue weighted by molar-refractivity contribution is 5.18. The highest BCUT2D eigenvalue weighted by Gasteiger charge is 2.17. The largest absolute Gasteiger partial charge is 0.296 e. The van der Waals surface area contributed by atoms with E-state index in [0.29, 0.717) is 0 Å². The topological polar surface area (TPSA) is 32.3 Å². The molecule has 0 bridgehead atoms. The minimum Gasteiger partial charge on any atom is -0.296 e. The average Bonchev–Trinajstić information content (AvgIpc) is 2.52. The molecule has 0 radical (unpaired) electrons. The van der Waals surface area contributed by atoms with E-state index in [1.165, 1.54) is 11.1 Å². The summed E-state index contributed by atoms with van der Waals surface area (Å²) in [6.07, 6.45) is 5.66. The van der Waals surface area contributed by atoms with Gasteiger partial charge in [-0.05, 0) is 30.2 Å². The van der Waals surface area contributed by atoms with Gasteiger partial charge in [-0.25, -0.2) is 0 Å². The summed E-state index contributed by atoms with van der Waals surface area (Å²) in [5.41, 5.74) is 3.79. The van der Waals surface area contributed by atoms with E-state index in [4.69, 9.17) is 0 Å². The summed E-state index contributed by atoms with van der Waals surface area (Å²) in [6, 6.07) is 8.38. The zero-order valence-electron chi connectivity index (χ0n) is 12.6. The number of hydrogen-bond acceptors (Lipinski definition) is 4. The van der Waals surface area contributed by atoms with E-state index in [0.717, 1.165) is 45.0 Å². The Kier molecular flexibility index (Phi) is 4.58. The molecule has 2 aromatic heterocycles. The van der Waals surface area contributed by atoms with Crippen LogP contribution in [0.15, 0.2) is 42.9 Å². The fourth-order valence-electron chi connectivity index (χ4n) is 2.78. The van der Waals surface area contributed by atoms with Crippen molar-refractivity contribution in [2.75, 3.05) is 26.2 Å². The highest BCUT2D eigenvalue weighted by atomic mass is 15.3. The molecule has 1 fully saturated rings. The summed E-state index contributed by atoms with van der Waals surface area (Å²) in [6.45, 7) is 8.59. The number of aromatic nitrogens is 2. The molecule has 2 aromatic rings. The number of aryl methyl sites for hydroxylation is 1. The fourth-order valence-corrected chi connectivity index (χ4v) is 2.78. The van der Waals surface area contributed by atoms with Gasteiger partial charge in [0.15, 0.2) is 0 Å². The molecule has 0 aromatic carbocycles. The molecule has 0 spiro atoms. The van der Waals surface area contributed by atoms with E-state index < -0.39 is 0 Å². The number of nitrogens with zero attached hydrogens (tertiary/aromatic N) is 4. The number of pyridine rings is 2. The van der Waals surface area contributed by atoms with E-state index in [-0.39, 0.29) is 0 Å². The Bertz CT molecular complexity index is 562. The number of rotatable bonds is 4. The Morgan fingerprint density at radius 2 is 1.67 bits per heavy atom. The molecule has 0 saturated carbocycles. The SMILES string of the molecule is Cc1ncccc1CN1CCN(Cc2cccnc2)CC1. The third kappa shape index (κ3) is 3.86. The smallest absolute Gasteiger partial charge is 0.0417 e. The molecule has 0 atom stereocenters. The molecule has 0 amide bonds. The molecule has 4 nitrogen and oxygen atoms in total. The van der Waals surface area contributed by atoms with E-state index >= 15 is 0 Å². The van der Waals surface area contributed by atoms with Gasteiger partial charge in [0, 0.05) is 63.6 Å². The molecule has 0 unspecified atom stereocenters. The standard InChI is InChI=1S/C17H22N4/c1-15-17(5-3-7-19-15)14-21-10-8-20(9-11-21)13-16-4-2-6-18-12-16/h2-7,12H,8-11,13-14H2,1H3. The van der Waals surface area contributed by atoms with E-state index in [1.807, 2.05) is 30.7 Å². The molecule has 110 valence electrons. The molecule has 0 aliphatic carbocycles. The van der Waals surface area contributed by atoms with Crippen LogP contribution in [0, 0.1) is 6.92 Å². The van der Waals surface area contributed by atoms with Gasteiger partial charge in [0.2, 0.25) is 0 Å². The molecule has 3 heterocycles. The lowest BCUT2D eigenvalue weighted by Crippen LogP contribution is -2.45. The molecule has 1 aliphatic heterocycles. The van der Waals surface area contributed by atoms with Crippen LogP contribution in [0.2, 0.25) is 0 Å². The molecule has 0 N–H and O–H groups in total. The number of piperazine rings is 1. The second kappa shape index (κ2) is 6.78. The van der Waals surface area contributed by atoms with Gasteiger partial charge in [0.05, 0.1) is 0 Å². The van der Waals surface area contributed by atoms with Gasteiger partial charge in [0.1, 0.15) is 0 Å². The lowest BCUT2D eigenvalue weighted by atomic mass is 10.1. The Balaban J connectivity index is 1.50. The maximum atomic E-state index is 4.37. The van der Waals surface area contributed by atoms with Crippen LogP contribution < -0.4 is 0 Å². The van der Waals surface area contributed by atoms with Crippen molar-refractivity contribution in [1.82, 2.24) is 19.8 Å². The monoisotopic (exact) mass is 282 g/mol. The lowest BCUT2D eigenvalue weighted by molar-refractivity contribution is 0.121. The molecule has 21 heavy (non-hydrogen) atoms. The highest BCUT2D eigenvalue weighted by Crippen LogP contribution is 2.12. The maximum Gasteiger partial charge on any atom is 0.0417 e. The van der Waals surface area contributed by atoms with Crippen molar-refractivity contribution >= 4 is 0 Å². The molecule has 3 rings (SSSR count). The van der Waals surface area contributed by atoms with Crippen LogP contribution in [0.1, 0.15) is 16.8 Å². The minimum absolute atomic E-state index is 1.01. The van der Waals surface area contributed by atoms with E-state index in [9.17, 15) is 0 Å². The third-order valence-corrected chi connectivity index (χ3v) is 4.10. The second-order valence-corrected chi connectivity index (χ2v) is 5.66. The number of hydrogen-bond donors (Lipinski definition) is 0.